The minimum absolute atomic E-state index is 0.0462. The second-order valence-electron chi connectivity index (χ2n) is 3.40. The molecule has 1 saturated heterocycles. The predicted octanol–water partition coefficient (Wildman–Crippen LogP) is 1.13. The smallest absolute Gasteiger partial charge is 0.245 e. The largest absolute Gasteiger partial charge is 0.497 e. The zero-order chi connectivity index (χ0) is 11.0. The van der Waals surface area contributed by atoms with Crippen LogP contribution in [0.4, 0.5) is 5.69 Å². The molecule has 80 valence electrons. The van der Waals surface area contributed by atoms with Crippen molar-refractivity contribution in [3.63, 3.8) is 0 Å². The van der Waals surface area contributed by atoms with Gasteiger partial charge in [0.2, 0.25) is 5.91 Å². The lowest BCUT2D eigenvalue weighted by molar-refractivity contribution is -0.123. The van der Waals surface area contributed by atoms with Crippen LogP contribution in [0.25, 0.3) is 0 Å². The van der Waals surface area contributed by atoms with Crippen LogP contribution in [0.15, 0.2) is 22.7 Å². The Hall–Kier alpha value is -1.07. The number of ether oxygens (including phenoxy) is 1. The maximum atomic E-state index is 11.4. The number of halogens is 1. The van der Waals surface area contributed by atoms with E-state index in [2.05, 4.69) is 15.9 Å². The third kappa shape index (κ3) is 1.85. The molecule has 0 spiro atoms. The van der Waals surface area contributed by atoms with Crippen molar-refractivity contribution in [1.29, 1.82) is 0 Å². The SMILES string of the molecule is COc1cc(Br)cc(N2CC(N)C2=O)c1. The summed E-state index contributed by atoms with van der Waals surface area (Å²) in [6.45, 7) is 0.568. The molecule has 1 amide bonds. The van der Waals surface area contributed by atoms with Gasteiger partial charge in [0.1, 0.15) is 11.8 Å². The molecule has 0 radical (unpaired) electrons. The Labute approximate surface area is 96.1 Å². The zero-order valence-corrected chi connectivity index (χ0v) is 9.82. The van der Waals surface area contributed by atoms with E-state index in [9.17, 15) is 4.79 Å². The number of rotatable bonds is 2. The van der Waals surface area contributed by atoms with Crippen molar-refractivity contribution < 1.29 is 9.53 Å². The third-order valence-electron chi connectivity index (χ3n) is 2.37. The minimum atomic E-state index is -0.352. The van der Waals surface area contributed by atoms with Crippen molar-refractivity contribution >= 4 is 27.5 Å². The second kappa shape index (κ2) is 3.83. The van der Waals surface area contributed by atoms with Crippen molar-refractivity contribution in [1.82, 2.24) is 0 Å². The molecular weight excluding hydrogens is 260 g/mol. The van der Waals surface area contributed by atoms with Crippen LogP contribution >= 0.6 is 15.9 Å². The van der Waals surface area contributed by atoms with Gasteiger partial charge in [0.25, 0.3) is 0 Å². The number of benzene rings is 1. The third-order valence-corrected chi connectivity index (χ3v) is 2.82. The number of nitrogens with two attached hydrogens (primary N) is 1. The van der Waals surface area contributed by atoms with Crippen molar-refractivity contribution in [3.8, 4) is 5.75 Å². The summed E-state index contributed by atoms with van der Waals surface area (Å²) in [5.41, 5.74) is 6.34. The average Bonchev–Trinajstić information content (AvgIpc) is 2.24. The standard InChI is InChI=1S/C10H11BrN2O2/c1-15-8-3-6(11)2-7(4-8)13-5-9(12)10(13)14/h2-4,9H,5,12H2,1H3. The van der Waals surface area contributed by atoms with Gasteiger partial charge in [0.15, 0.2) is 0 Å². The van der Waals surface area contributed by atoms with Crippen LogP contribution in [-0.4, -0.2) is 25.6 Å². The molecule has 1 atom stereocenters. The van der Waals surface area contributed by atoms with Gasteiger partial charge >= 0.3 is 0 Å². The van der Waals surface area contributed by atoms with Crippen LogP contribution in [0.2, 0.25) is 0 Å². The summed E-state index contributed by atoms with van der Waals surface area (Å²) in [6, 6.07) is 5.17. The van der Waals surface area contributed by atoms with Crippen molar-refractivity contribution in [3.05, 3.63) is 22.7 Å². The number of hydrogen-bond donors (Lipinski definition) is 1. The van der Waals surface area contributed by atoms with Crippen LogP contribution in [0.5, 0.6) is 5.75 Å². The average molecular weight is 271 g/mol. The molecular formula is C10H11BrN2O2. The van der Waals surface area contributed by atoms with Gasteiger partial charge < -0.3 is 15.4 Å². The number of carbonyl (C=O) groups is 1. The molecule has 4 nitrogen and oxygen atoms in total. The molecule has 2 rings (SSSR count). The van der Waals surface area contributed by atoms with Gasteiger partial charge in [-0.25, -0.2) is 0 Å². The van der Waals surface area contributed by atoms with Crippen LogP contribution in [0.1, 0.15) is 0 Å². The van der Waals surface area contributed by atoms with Gasteiger partial charge in [-0.2, -0.15) is 0 Å². The molecule has 1 aromatic rings. The first-order valence-corrected chi connectivity index (χ1v) is 5.32. The molecule has 1 unspecified atom stereocenters. The van der Waals surface area contributed by atoms with E-state index in [0.717, 1.165) is 10.2 Å². The molecule has 15 heavy (non-hydrogen) atoms. The van der Waals surface area contributed by atoms with E-state index in [1.54, 1.807) is 12.0 Å². The van der Waals surface area contributed by atoms with E-state index in [4.69, 9.17) is 10.5 Å². The summed E-state index contributed by atoms with van der Waals surface area (Å²) in [4.78, 5) is 13.1. The number of anilines is 1. The van der Waals surface area contributed by atoms with Gasteiger partial charge in [-0.1, -0.05) is 15.9 Å². The van der Waals surface area contributed by atoms with E-state index < -0.39 is 0 Å². The fourth-order valence-corrected chi connectivity index (χ4v) is 1.97. The Balaban J connectivity index is 2.29. The maximum Gasteiger partial charge on any atom is 0.245 e. The normalized spacial score (nSPS) is 20.1. The van der Waals surface area contributed by atoms with E-state index >= 15 is 0 Å². The molecule has 2 N–H and O–H groups in total. The molecule has 1 aliphatic heterocycles. The van der Waals surface area contributed by atoms with E-state index in [0.29, 0.717) is 12.3 Å². The Kier molecular flexibility index (Phi) is 2.67. The maximum absolute atomic E-state index is 11.4. The molecule has 0 aliphatic carbocycles. The number of hydrogen-bond acceptors (Lipinski definition) is 3. The van der Waals surface area contributed by atoms with Gasteiger partial charge in [-0.05, 0) is 12.1 Å². The molecule has 0 saturated carbocycles. The highest BCUT2D eigenvalue weighted by atomic mass is 79.9. The van der Waals surface area contributed by atoms with E-state index in [1.165, 1.54) is 0 Å². The Morgan fingerprint density at radius 2 is 2.27 bits per heavy atom. The van der Waals surface area contributed by atoms with Crippen LogP contribution < -0.4 is 15.4 Å². The summed E-state index contributed by atoms with van der Waals surface area (Å²) >= 11 is 3.36. The first-order valence-electron chi connectivity index (χ1n) is 4.53. The first kappa shape index (κ1) is 10.4. The fraction of sp³-hybridized carbons (Fsp3) is 0.300. The monoisotopic (exact) mass is 270 g/mol. The summed E-state index contributed by atoms with van der Waals surface area (Å²) in [6.07, 6.45) is 0. The molecule has 1 aromatic carbocycles. The fourth-order valence-electron chi connectivity index (χ4n) is 1.51. The predicted molar refractivity (Wildman–Crippen MR) is 61.0 cm³/mol. The Bertz CT molecular complexity index is 408. The lowest BCUT2D eigenvalue weighted by Crippen LogP contribution is -2.61. The van der Waals surface area contributed by atoms with Crippen LogP contribution in [0, 0.1) is 0 Å². The van der Waals surface area contributed by atoms with Gasteiger partial charge in [0.05, 0.1) is 13.7 Å². The van der Waals surface area contributed by atoms with Crippen molar-refractivity contribution in [2.75, 3.05) is 18.6 Å². The van der Waals surface area contributed by atoms with Crippen LogP contribution in [-0.2, 0) is 4.79 Å². The highest BCUT2D eigenvalue weighted by molar-refractivity contribution is 9.10. The molecule has 0 aromatic heterocycles. The second-order valence-corrected chi connectivity index (χ2v) is 4.32. The van der Waals surface area contributed by atoms with Gasteiger partial charge in [0, 0.05) is 16.2 Å². The Morgan fingerprint density at radius 3 is 2.80 bits per heavy atom. The number of amides is 1. The minimum Gasteiger partial charge on any atom is -0.497 e. The summed E-state index contributed by atoms with van der Waals surface area (Å²) < 4.78 is 6.00. The number of carbonyl (C=O) groups excluding carboxylic acids is 1. The van der Waals surface area contributed by atoms with E-state index in [-0.39, 0.29) is 11.9 Å². The zero-order valence-electron chi connectivity index (χ0n) is 8.24. The van der Waals surface area contributed by atoms with Gasteiger partial charge in [-0.3, -0.25) is 4.79 Å². The first-order chi connectivity index (χ1) is 7.11. The summed E-state index contributed by atoms with van der Waals surface area (Å²) in [5.74, 6) is 0.669. The number of methoxy groups -OCH3 is 1. The molecule has 1 aliphatic rings. The van der Waals surface area contributed by atoms with Crippen LogP contribution in [0.3, 0.4) is 0 Å². The molecule has 5 heteroatoms. The molecule has 1 heterocycles. The topological polar surface area (TPSA) is 55.6 Å². The number of nitrogens with zero attached hydrogens (tertiary/aromatic N) is 1. The van der Waals surface area contributed by atoms with Crippen molar-refractivity contribution in [2.24, 2.45) is 5.73 Å². The number of β-lactam (4-membered cyclic amide) rings is 1. The molecule has 1 fully saturated rings. The highest BCUT2D eigenvalue weighted by Crippen LogP contribution is 2.29. The summed E-state index contributed by atoms with van der Waals surface area (Å²) in [7, 11) is 1.59. The lowest BCUT2D eigenvalue weighted by atomic mass is 10.1. The van der Waals surface area contributed by atoms with E-state index in [1.807, 2.05) is 18.2 Å². The lowest BCUT2D eigenvalue weighted by Gasteiger charge is -2.36. The molecule has 0 bridgehead atoms. The quantitative estimate of drug-likeness (QED) is 0.820. The Morgan fingerprint density at radius 1 is 1.53 bits per heavy atom. The van der Waals surface area contributed by atoms with Crippen molar-refractivity contribution in [2.45, 2.75) is 6.04 Å². The van der Waals surface area contributed by atoms with Gasteiger partial charge in [-0.15, -0.1) is 0 Å². The highest BCUT2D eigenvalue weighted by Gasteiger charge is 2.34. The summed E-state index contributed by atoms with van der Waals surface area (Å²) in [5, 5.41) is 0.